The molecule has 0 aliphatic heterocycles. The molecule has 0 radical (unpaired) electrons. The van der Waals surface area contributed by atoms with Crippen LogP contribution in [0.25, 0.3) is 0 Å². The molecule has 0 fully saturated rings. The molecule has 0 unspecified atom stereocenters. The quantitative estimate of drug-likeness (QED) is 0.297. The van der Waals surface area contributed by atoms with Crippen molar-refractivity contribution < 1.29 is 17.6 Å². The van der Waals surface area contributed by atoms with Crippen molar-refractivity contribution in [1.82, 2.24) is 0 Å². The highest BCUT2D eigenvalue weighted by molar-refractivity contribution is 5.45. The second kappa shape index (κ2) is 2.98. The van der Waals surface area contributed by atoms with Crippen LogP contribution in [0.15, 0.2) is 6.07 Å². The molecule has 0 atom stereocenters. The molecular weight excluding hydrogens is 176 g/mol. The number of nitrogens with two attached hydrogens (primary N) is 1. The minimum absolute atomic E-state index is 0.103. The summed E-state index contributed by atoms with van der Waals surface area (Å²) < 4.78 is 49.7. The standard InChI is InChI=1S/C6H4F4N2/c7-2-1-3(8)5(10)6(12-11)4(2)9/h1,12H,11H2. The summed E-state index contributed by atoms with van der Waals surface area (Å²) in [6.45, 7) is 0. The topological polar surface area (TPSA) is 38.0 Å². The Kier molecular flexibility index (Phi) is 2.18. The van der Waals surface area contributed by atoms with Crippen molar-refractivity contribution in [2.75, 3.05) is 5.43 Å². The third-order valence-corrected chi connectivity index (χ3v) is 1.26. The monoisotopic (exact) mass is 180 g/mol. The van der Waals surface area contributed by atoms with E-state index in [9.17, 15) is 17.6 Å². The van der Waals surface area contributed by atoms with Gasteiger partial charge in [-0.15, -0.1) is 0 Å². The highest BCUT2D eigenvalue weighted by Crippen LogP contribution is 2.22. The summed E-state index contributed by atoms with van der Waals surface area (Å²) in [6, 6.07) is 0.103. The van der Waals surface area contributed by atoms with Crippen LogP contribution < -0.4 is 11.3 Å². The van der Waals surface area contributed by atoms with Gasteiger partial charge in [0.25, 0.3) is 0 Å². The van der Waals surface area contributed by atoms with Crippen LogP contribution in [0.1, 0.15) is 0 Å². The molecule has 2 nitrogen and oxygen atoms in total. The van der Waals surface area contributed by atoms with E-state index in [0.29, 0.717) is 0 Å². The second-order valence-electron chi connectivity index (χ2n) is 1.99. The first-order valence-corrected chi connectivity index (χ1v) is 2.87. The van der Waals surface area contributed by atoms with Crippen molar-refractivity contribution in [2.45, 2.75) is 0 Å². The van der Waals surface area contributed by atoms with Gasteiger partial charge in [0.1, 0.15) is 5.69 Å². The second-order valence-corrected chi connectivity index (χ2v) is 1.99. The Balaban J connectivity index is 3.42. The van der Waals surface area contributed by atoms with Crippen LogP contribution in [0.5, 0.6) is 0 Å². The van der Waals surface area contributed by atoms with Crippen LogP contribution in [0.3, 0.4) is 0 Å². The normalized spacial score (nSPS) is 10.1. The molecule has 0 aromatic heterocycles. The van der Waals surface area contributed by atoms with Gasteiger partial charge < -0.3 is 5.43 Å². The number of benzene rings is 1. The fourth-order valence-electron chi connectivity index (χ4n) is 0.700. The smallest absolute Gasteiger partial charge is 0.186 e. The van der Waals surface area contributed by atoms with Crippen molar-refractivity contribution in [3.63, 3.8) is 0 Å². The van der Waals surface area contributed by atoms with E-state index in [0.717, 1.165) is 0 Å². The van der Waals surface area contributed by atoms with Gasteiger partial charge in [-0.25, -0.2) is 17.6 Å². The zero-order valence-electron chi connectivity index (χ0n) is 5.67. The highest BCUT2D eigenvalue weighted by atomic mass is 19.2. The Bertz CT molecular complexity index is 287. The van der Waals surface area contributed by atoms with Crippen molar-refractivity contribution in [1.29, 1.82) is 0 Å². The minimum atomic E-state index is -1.55. The van der Waals surface area contributed by atoms with E-state index in [2.05, 4.69) is 5.84 Å². The van der Waals surface area contributed by atoms with Gasteiger partial charge in [0.2, 0.25) is 0 Å². The fourth-order valence-corrected chi connectivity index (χ4v) is 0.700. The van der Waals surface area contributed by atoms with Gasteiger partial charge in [-0.1, -0.05) is 0 Å². The Hall–Kier alpha value is -1.30. The third-order valence-electron chi connectivity index (χ3n) is 1.26. The van der Waals surface area contributed by atoms with Gasteiger partial charge in [-0.2, -0.15) is 0 Å². The lowest BCUT2D eigenvalue weighted by Gasteiger charge is -2.04. The minimum Gasteiger partial charge on any atom is -0.319 e. The summed E-state index contributed by atoms with van der Waals surface area (Å²) in [5, 5.41) is 0. The van der Waals surface area contributed by atoms with Crippen LogP contribution in [0, 0.1) is 23.3 Å². The molecule has 0 spiro atoms. The SMILES string of the molecule is NNc1c(F)c(F)cc(F)c1F. The molecule has 0 aliphatic carbocycles. The first kappa shape index (κ1) is 8.79. The summed E-state index contributed by atoms with van der Waals surface area (Å²) in [5.41, 5.74) is 0.494. The van der Waals surface area contributed by atoms with Gasteiger partial charge in [-0.05, 0) is 0 Å². The van der Waals surface area contributed by atoms with E-state index in [1.165, 1.54) is 5.43 Å². The maximum absolute atomic E-state index is 12.5. The van der Waals surface area contributed by atoms with Gasteiger partial charge in [0.15, 0.2) is 23.3 Å². The molecule has 6 heteroatoms. The Morgan fingerprint density at radius 1 is 1.00 bits per heavy atom. The van der Waals surface area contributed by atoms with Crippen molar-refractivity contribution in [2.24, 2.45) is 5.84 Å². The predicted octanol–water partition coefficient (Wildman–Crippen LogP) is 1.53. The summed E-state index contributed by atoms with van der Waals surface area (Å²) in [7, 11) is 0. The molecule has 0 aliphatic rings. The van der Waals surface area contributed by atoms with Crippen LogP contribution in [-0.2, 0) is 0 Å². The number of halogens is 4. The number of nitrogens with one attached hydrogen (secondary N) is 1. The maximum atomic E-state index is 12.5. The van der Waals surface area contributed by atoms with E-state index in [4.69, 9.17) is 0 Å². The zero-order valence-corrected chi connectivity index (χ0v) is 5.67. The summed E-state index contributed by atoms with van der Waals surface area (Å²) >= 11 is 0. The zero-order chi connectivity index (χ0) is 9.30. The molecular formula is C6H4F4N2. The maximum Gasteiger partial charge on any atom is 0.186 e. The van der Waals surface area contributed by atoms with E-state index >= 15 is 0 Å². The molecule has 12 heavy (non-hydrogen) atoms. The molecule has 3 N–H and O–H groups in total. The third kappa shape index (κ3) is 1.20. The van der Waals surface area contributed by atoms with Crippen LogP contribution in [-0.4, -0.2) is 0 Å². The fraction of sp³-hybridized carbons (Fsp3) is 0. The lowest BCUT2D eigenvalue weighted by molar-refractivity contribution is 0.458. The van der Waals surface area contributed by atoms with E-state index in [-0.39, 0.29) is 6.07 Å². The molecule has 0 saturated heterocycles. The van der Waals surface area contributed by atoms with E-state index in [1.54, 1.807) is 0 Å². The summed E-state index contributed by atoms with van der Waals surface area (Å²) in [5.74, 6) is -1.46. The van der Waals surface area contributed by atoms with E-state index in [1.807, 2.05) is 0 Å². The van der Waals surface area contributed by atoms with Crippen molar-refractivity contribution in [3.8, 4) is 0 Å². The molecule has 0 heterocycles. The molecule has 0 amide bonds. The summed E-state index contributed by atoms with van der Waals surface area (Å²) in [4.78, 5) is 0. The molecule has 66 valence electrons. The number of hydrogen-bond acceptors (Lipinski definition) is 2. The molecule has 0 saturated carbocycles. The lowest BCUT2D eigenvalue weighted by Crippen LogP contribution is -2.12. The van der Waals surface area contributed by atoms with Gasteiger partial charge in [-0.3, -0.25) is 5.84 Å². The highest BCUT2D eigenvalue weighted by Gasteiger charge is 2.17. The first-order chi connectivity index (χ1) is 5.57. The van der Waals surface area contributed by atoms with Gasteiger partial charge >= 0.3 is 0 Å². The first-order valence-electron chi connectivity index (χ1n) is 2.87. The molecule has 1 aromatic carbocycles. The summed E-state index contributed by atoms with van der Waals surface area (Å²) in [6.07, 6.45) is 0. The van der Waals surface area contributed by atoms with Crippen molar-refractivity contribution in [3.05, 3.63) is 29.3 Å². The average molecular weight is 180 g/mol. The van der Waals surface area contributed by atoms with Crippen molar-refractivity contribution >= 4 is 5.69 Å². The Labute approximate surface area is 65.0 Å². The number of rotatable bonds is 1. The predicted molar refractivity (Wildman–Crippen MR) is 34.1 cm³/mol. The van der Waals surface area contributed by atoms with Gasteiger partial charge in [0, 0.05) is 6.07 Å². The number of anilines is 1. The Morgan fingerprint density at radius 3 is 1.75 bits per heavy atom. The van der Waals surface area contributed by atoms with Gasteiger partial charge in [0.05, 0.1) is 0 Å². The Morgan fingerprint density at radius 2 is 1.42 bits per heavy atom. The number of hydrogen-bond donors (Lipinski definition) is 2. The van der Waals surface area contributed by atoms with Crippen LogP contribution in [0.2, 0.25) is 0 Å². The van der Waals surface area contributed by atoms with E-state index < -0.39 is 29.0 Å². The largest absolute Gasteiger partial charge is 0.319 e. The number of nitrogen functional groups attached to an aromatic ring is 1. The molecule has 1 aromatic rings. The lowest BCUT2D eigenvalue weighted by atomic mass is 10.2. The average Bonchev–Trinajstić information content (AvgIpc) is 2.02. The molecule has 1 rings (SSSR count). The molecule has 0 bridgehead atoms. The number of hydrazine groups is 1. The van der Waals surface area contributed by atoms with Crippen LogP contribution in [0.4, 0.5) is 23.2 Å². The van der Waals surface area contributed by atoms with Crippen LogP contribution >= 0.6 is 0 Å².